The first kappa shape index (κ1) is 40.3. The molecule has 40 heavy (non-hydrogen) atoms. The van der Waals surface area contributed by atoms with Crippen LogP contribution in [-0.4, -0.2) is 47.2 Å². The Kier molecular flexibility index (Phi) is 31.9. The van der Waals surface area contributed by atoms with Crippen molar-refractivity contribution in [2.45, 2.75) is 168 Å². The molecule has 1 unspecified atom stereocenters. The van der Waals surface area contributed by atoms with Crippen LogP contribution in [0.15, 0.2) is 4.99 Å². The molecule has 238 valence electrons. The summed E-state index contributed by atoms with van der Waals surface area (Å²) in [6.07, 6.45) is 26.0. The van der Waals surface area contributed by atoms with Gasteiger partial charge in [0, 0.05) is 6.54 Å². The third-order valence-electron chi connectivity index (χ3n) is 7.41. The van der Waals surface area contributed by atoms with Crippen LogP contribution in [0.25, 0.3) is 0 Å². The van der Waals surface area contributed by atoms with Crippen molar-refractivity contribution >= 4 is 17.9 Å². The molecule has 0 spiro atoms. The van der Waals surface area contributed by atoms with Gasteiger partial charge in [-0.25, -0.2) is 0 Å². The summed E-state index contributed by atoms with van der Waals surface area (Å²) >= 11 is 0. The number of hydrogen-bond donors (Lipinski definition) is 5. The van der Waals surface area contributed by atoms with Crippen molar-refractivity contribution in [2.24, 2.45) is 22.4 Å². The van der Waals surface area contributed by atoms with E-state index in [4.69, 9.17) is 16.6 Å². The molecule has 0 aromatic carbocycles. The second-order valence-corrected chi connectivity index (χ2v) is 11.2. The van der Waals surface area contributed by atoms with E-state index in [1.165, 1.54) is 103 Å². The Hall–Kier alpha value is -1.83. The topological polar surface area (TPSA) is 151 Å². The number of aliphatic carboxylic acids is 2. The fraction of sp³-hybridized carbons (Fsp3) is 0.906. The fourth-order valence-corrected chi connectivity index (χ4v) is 4.73. The van der Waals surface area contributed by atoms with E-state index in [0.29, 0.717) is 19.4 Å². The lowest BCUT2D eigenvalue weighted by atomic mass is 9.98. The van der Waals surface area contributed by atoms with Gasteiger partial charge in [0.25, 0.3) is 0 Å². The SMILES string of the molecule is CCCCCCCCCCC(CC)C(=O)O.CCCCCCCCCCCCN[C@@H](CCCN=C(N)N)C(=O)O. The predicted molar refractivity (Wildman–Crippen MR) is 170 cm³/mol. The summed E-state index contributed by atoms with van der Waals surface area (Å²) in [4.78, 5) is 25.8. The Labute approximate surface area is 246 Å². The smallest absolute Gasteiger partial charge is 0.320 e. The summed E-state index contributed by atoms with van der Waals surface area (Å²) in [6.45, 7) is 7.68. The summed E-state index contributed by atoms with van der Waals surface area (Å²) in [5.41, 5.74) is 10.5. The lowest BCUT2D eigenvalue weighted by molar-refractivity contribution is -0.142. The summed E-state index contributed by atoms with van der Waals surface area (Å²) in [5.74, 6) is -1.47. The number of aliphatic imine (C=N–C) groups is 1. The fourth-order valence-electron chi connectivity index (χ4n) is 4.73. The van der Waals surface area contributed by atoms with Crippen molar-refractivity contribution in [1.82, 2.24) is 5.32 Å². The quantitative estimate of drug-likeness (QED) is 0.0368. The molecule has 0 amide bonds. The van der Waals surface area contributed by atoms with Gasteiger partial charge in [-0.15, -0.1) is 0 Å². The molecule has 0 bridgehead atoms. The van der Waals surface area contributed by atoms with Gasteiger partial charge in [-0.3, -0.25) is 14.6 Å². The molecule has 0 aliphatic heterocycles. The summed E-state index contributed by atoms with van der Waals surface area (Å²) in [6, 6.07) is -0.502. The highest BCUT2D eigenvalue weighted by molar-refractivity contribution is 5.75. The number of hydrogen-bond acceptors (Lipinski definition) is 4. The van der Waals surface area contributed by atoms with E-state index in [0.717, 1.165) is 32.2 Å². The molecule has 7 N–H and O–H groups in total. The molecule has 0 fully saturated rings. The maximum Gasteiger partial charge on any atom is 0.320 e. The van der Waals surface area contributed by atoms with E-state index < -0.39 is 18.0 Å². The zero-order chi connectivity index (χ0) is 30.3. The van der Waals surface area contributed by atoms with E-state index in [2.05, 4.69) is 24.2 Å². The Bertz CT molecular complexity index is 597. The predicted octanol–water partition coefficient (Wildman–Crippen LogP) is 7.63. The number of rotatable bonds is 28. The highest BCUT2D eigenvalue weighted by Crippen LogP contribution is 2.16. The first-order chi connectivity index (χ1) is 19.3. The molecule has 0 aromatic rings. The molecule has 8 heteroatoms. The Balaban J connectivity index is 0. The van der Waals surface area contributed by atoms with Crippen LogP contribution in [0.1, 0.15) is 162 Å². The number of carboxylic acid groups (broad SMARTS) is 2. The summed E-state index contributed by atoms with van der Waals surface area (Å²) < 4.78 is 0. The van der Waals surface area contributed by atoms with Crippen LogP contribution >= 0.6 is 0 Å². The molecular formula is C32H66N4O4. The zero-order valence-corrected chi connectivity index (χ0v) is 26.4. The van der Waals surface area contributed by atoms with Gasteiger partial charge < -0.3 is 27.0 Å². The van der Waals surface area contributed by atoms with E-state index in [9.17, 15) is 14.7 Å². The molecule has 8 nitrogen and oxygen atoms in total. The standard InChI is InChI=1S/C18H38N4O2.C14H28O2/c1-2-3-4-5-6-7-8-9-10-11-14-21-16(17(23)24)13-12-15-22-18(19)20;1-3-5-6-7-8-9-10-11-12-13(4-2)14(15)16/h16,21H,2-15H2,1H3,(H,23,24)(H4,19,20,22);13H,3-12H2,1-2H3,(H,15,16)/t16-;/m0./s1. The molecular weight excluding hydrogens is 504 g/mol. The molecule has 0 saturated heterocycles. The van der Waals surface area contributed by atoms with Crippen LogP contribution in [0.5, 0.6) is 0 Å². The summed E-state index contributed by atoms with van der Waals surface area (Å²) in [7, 11) is 0. The molecule has 0 rings (SSSR count). The normalized spacial score (nSPS) is 12.3. The molecule has 0 heterocycles. The Morgan fingerprint density at radius 1 is 0.625 bits per heavy atom. The van der Waals surface area contributed by atoms with E-state index in [1.807, 2.05) is 6.92 Å². The van der Waals surface area contributed by atoms with Crippen molar-refractivity contribution in [2.75, 3.05) is 13.1 Å². The maximum absolute atomic E-state index is 11.2. The van der Waals surface area contributed by atoms with Crippen LogP contribution in [0.3, 0.4) is 0 Å². The summed E-state index contributed by atoms with van der Waals surface area (Å²) in [5, 5.41) is 21.2. The minimum absolute atomic E-state index is 0.0557. The molecule has 0 saturated carbocycles. The first-order valence-corrected chi connectivity index (χ1v) is 16.5. The van der Waals surface area contributed by atoms with Gasteiger partial charge in [0.15, 0.2) is 5.96 Å². The van der Waals surface area contributed by atoms with Crippen molar-refractivity contribution in [1.29, 1.82) is 0 Å². The van der Waals surface area contributed by atoms with E-state index in [-0.39, 0.29) is 11.9 Å². The number of nitrogens with two attached hydrogens (primary N) is 2. The molecule has 0 radical (unpaired) electrons. The molecule has 2 atom stereocenters. The van der Waals surface area contributed by atoms with Crippen LogP contribution < -0.4 is 16.8 Å². The zero-order valence-electron chi connectivity index (χ0n) is 26.4. The molecule has 0 aliphatic rings. The Morgan fingerprint density at radius 3 is 1.48 bits per heavy atom. The number of guanidine groups is 1. The average Bonchev–Trinajstić information content (AvgIpc) is 2.91. The van der Waals surface area contributed by atoms with Gasteiger partial charge >= 0.3 is 11.9 Å². The third-order valence-corrected chi connectivity index (χ3v) is 7.41. The van der Waals surface area contributed by atoms with Gasteiger partial charge in [0.1, 0.15) is 6.04 Å². The lowest BCUT2D eigenvalue weighted by Crippen LogP contribution is -2.37. The molecule has 0 aliphatic carbocycles. The monoisotopic (exact) mass is 571 g/mol. The van der Waals surface area contributed by atoms with Crippen molar-refractivity contribution < 1.29 is 19.8 Å². The Morgan fingerprint density at radius 2 is 1.07 bits per heavy atom. The minimum Gasteiger partial charge on any atom is -0.481 e. The highest BCUT2D eigenvalue weighted by atomic mass is 16.4. The van der Waals surface area contributed by atoms with Crippen molar-refractivity contribution in [3.63, 3.8) is 0 Å². The van der Waals surface area contributed by atoms with Gasteiger partial charge in [0.2, 0.25) is 0 Å². The number of unbranched alkanes of at least 4 members (excludes halogenated alkanes) is 16. The number of carbonyl (C=O) groups is 2. The number of carboxylic acids is 2. The van der Waals surface area contributed by atoms with Gasteiger partial charge in [-0.05, 0) is 38.6 Å². The van der Waals surface area contributed by atoms with Crippen LogP contribution in [0.4, 0.5) is 0 Å². The van der Waals surface area contributed by atoms with Crippen molar-refractivity contribution in [3.05, 3.63) is 0 Å². The lowest BCUT2D eigenvalue weighted by Gasteiger charge is -2.13. The van der Waals surface area contributed by atoms with Crippen molar-refractivity contribution in [3.8, 4) is 0 Å². The van der Waals surface area contributed by atoms with Gasteiger partial charge in [-0.2, -0.15) is 0 Å². The largest absolute Gasteiger partial charge is 0.481 e. The van der Waals surface area contributed by atoms with E-state index in [1.54, 1.807) is 0 Å². The van der Waals surface area contributed by atoms with Crippen LogP contribution in [0.2, 0.25) is 0 Å². The molecule has 0 aromatic heterocycles. The maximum atomic E-state index is 11.2. The number of nitrogens with zero attached hydrogens (tertiary/aromatic N) is 1. The van der Waals surface area contributed by atoms with E-state index >= 15 is 0 Å². The second-order valence-electron chi connectivity index (χ2n) is 11.2. The van der Waals surface area contributed by atoms with Gasteiger partial charge in [0.05, 0.1) is 5.92 Å². The van der Waals surface area contributed by atoms with Gasteiger partial charge in [-0.1, -0.05) is 130 Å². The number of nitrogens with one attached hydrogen (secondary N) is 1. The average molecular weight is 571 g/mol. The van der Waals surface area contributed by atoms with Crippen LogP contribution in [0, 0.1) is 5.92 Å². The first-order valence-electron chi connectivity index (χ1n) is 16.5. The third kappa shape index (κ3) is 30.7. The second kappa shape index (κ2) is 31.7. The van der Waals surface area contributed by atoms with Crippen LogP contribution in [-0.2, 0) is 9.59 Å². The highest BCUT2D eigenvalue weighted by Gasteiger charge is 2.15. The minimum atomic E-state index is -0.799.